The summed E-state index contributed by atoms with van der Waals surface area (Å²) in [4.78, 5) is 29.5. The van der Waals surface area contributed by atoms with Gasteiger partial charge in [-0.15, -0.1) is 0 Å². The van der Waals surface area contributed by atoms with E-state index in [0.717, 1.165) is 11.4 Å². The summed E-state index contributed by atoms with van der Waals surface area (Å²) in [6, 6.07) is 25.8. The molecule has 0 aliphatic rings. The fourth-order valence-corrected chi connectivity index (χ4v) is 3.41. The highest BCUT2D eigenvalue weighted by Gasteiger charge is 2.18. The average Bonchev–Trinajstić information content (AvgIpc) is 3.59. The predicted octanol–water partition coefficient (Wildman–Crippen LogP) is 5.67. The monoisotopic (exact) mass is 452 g/mol. The highest BCUT2D eigenvalue weighted by molar-refractivity contribution is 6.05. The van der Waals surface area contributed by atoms with Crippen LogP contribution in [0.3, 0.4) is 0 Å². The number of carbonyl (C=O) groups is 2. The van der Waals surface area contributed by atoms with Gasteiger partial charge in [-0.3, -0.25) is 9.59 Å². The van der Waals surface area contributed by atoms with Gasteiger partial charge in [0.2, 0.25) is 0 Å². The van der Waals surface area contributed by atoms with Crippen molar-refractivity contribution in [2.24, 2.45) is 0 Å². The lowest BCUT2D eigenvalue weighted by Crippen LogP contribution is -2.40. The smallest absolute Gasteiger partial charge is 0.251 e. The number of carbonyl (C=O) groups excluding carboxylic acids is 2. The van der Waals surface area contributed by atoms with E-state index in [1.165, 1.54) is 12.2 Å². The molecule has 0 atom stereocenters. The molecule has 0 aliphatic carbocycles. The minimum absolute atomic E-state index is 0.214. The molecule has 0 saturated heterocycles. The minimum Gasteiger partial charge on any atom is -0.465 e. The second-order valence-corrected chi connectivity index (χ2v) is 7.35. The van der Waals surface area contributed by atoms with Gasteiger partial charge < -0.3 is 18.6 Å². The summed E-state index contributed by atoms with van der Waals surface area (Å²) < 4.78 is 10.6. The summed E-state index contributed by atoms with van der Waals surface area (Å²) >= 11 is 0. The van der Waals surface area contributed by atoms with E-state index in [2.05, 4.69) is 0 Å². The van der Waals surface area contributed by atoms with Gasteiger partial charge in [0.25, 0.3) is 11.8 Å². The summed E-state index contributed by atoms with van der Waals surface area (Å²) in [5.41, 5.74) is 1.48. The van der Waals surface area contributed by atoms with Crippen LogP contribution >= 0.6 is 0 Å². The van der Waals surface area contributed by atoms with Crippen LogP contribution in [0.5, 0.6) is 0 Å². The van der Waals surface area contributed by atoms with Crippen molar-refractivity contribution in [2.45, 2.75) is 0 Å². The van der Waals surface area contributed by atoms with Crippen LogP contribution in [-0.2, 0) is 9.59 Å². The molecule has 0 aliphatic heterocycles. The van der Waals surface area contributed by atoms with Crippen molar-refractivity contribution < 1.29 is 18.4 Å². The van der Waals surface area contributed by atoms with Crippen molar-refractivity contribution in [3.05, 3.63) is 121 Å². The van der Waals surface area contributed by atoms with E-state index in [1.54, 1.807) is 58.7 Å². The number of furan rings is 2. The fourth-order valence-electron chi connectivity index (χ4n) is 3.41. The molecule has 2 heterocycles. The Morgan fingerprint density at radius 2 is 1.00 bits per heavy atom. The van der Waals surface area contributed by atoms with E-state index in [0.29, 0.717) is 24.6 Å². The van der Waals surface area contributed by atoms with Gasteiger partial charge in [-0.25, -0.2) is 0 Å². The molecule has 4 rings (SSSR count). The largest absolute Gasteiger partial charge is 0.465 e. The highest BCUT2D eigenvalue weighted by Crippen LogP contribution is 2.18. The molecular formula is C28H24N2O4. The molecular weight excluding hydrogens is 428 g/mol. The molecule has 0 bridgehead atoms. The first-order valence-corrected chi connectivity index (χ1v) is 10.9. The Labute approximate surface area is 198 Å². The van der Waals surface area contributed by atoms with Crippen LogP contribution < -0.4 is 9.80 Å². The Kier molecular flexibility index (Phi) is 7.54. The normalized spacial score (nSPS) is 11.2. The third-order valence-corrected chi connectivity index (χ3v) is 5.08. The van der Waals surface area contributed by atoms with Crippen LogP contribution in [0.1, 0.15) is 11.5 Å². The number of hydrogen-bond acceptors (Lipinski definition) is 4. The van der Waals surface area contributed by atoms with Crippen LogP contribution in [0.15, 0.2) is 118 Å². The second kappa shape index (κ2) is 11.3. The van der Waals surface area contributed by atoms with Crippen LogP contribution in [-0.4, -0.2) is 24.9 Å². The van der Waals surface area contributed by atoms with Gasteiger partial charge in [-0.1, -0.05) is 36.4 Å². The summed E-state index contributed by atoms with van der Waals surface area (Å²) in [5, 5.41) is 0. The molecule has 0 radical (unpaired) electrons. The molecule has 170 valence electrons. The molecule has 2 amide bonds. The highest BCUT2D eigenvalue weighted by atomic mass is 16.3. The maximum atomic E-state index is 13.1. The van der Waals surface area contributed by atoms with Gasteiger partial charge in [0.1, 0.15) is 11.5 Å². The van der Waals surface area contributed by atoms with Crippen LogP contribution in [0.2, 0.25) is 0 Å². The van der Waals surface area contributed by atoms with E-state index in [4.69, 9.17) is 8.83 Å². The van der Waals surface area contributed by atoms with E-state index in [-0.39, 0.29) is 11.8 Å². The Hall–Kier alpha value is -4.58. The van der Waals surface area contributed by atoms with Crippen LogP contribution in [0.25, 0.3) is 12.2 Å². The molecule has 0 fully saturated rings. The van der Waals surface area contributed by atoms with Gasteiger partial charge in [0.15, 0.2) is 0 Å². The molecule has 4 aromatic rings. The van der Waals surface area contributed by atoms with E-state index in [9.17, 15) is 9.59 Å². The van der Waals surface area contributed by atoms with Crippen molar-refractivity contribution in [3.8, 4) is 0 Å². The quantitative estimate of drug-likeness (QED) is 0.307. The zero-order chi connectivity index (χ0) is 23.6. The Morgan fingerprint density at radius 3 is 1.35 bits per heavy atom. The number of rotatable bonds is 9. The Bertz CT molecular complexity index is 1130. The van der Waals surface area contributed by atoms with E-state index >= 15 is 0 Å². The zero-order valence-electron chi connectivity index (χ0n) is 18.5. The minimum atomic E-state index is -0.214. The topological polar surface area (TPSA) is 66.9 Å². The Morgan fingerprint density at radius 1 is 0.588 bits per heavy atom. The fraction of sp³-hybridized carbons (Fsp3) is 0.0714. The van der Waals surface area contributed by atoms with Crippen LogP contribution in [0.4, 0.5) is 11.4 Å². The maximum absolute atomic E-state index is 13.1. The lowest BCUT2D eigenvalue weighted by molar-refractivity contribution is -0.115. The number of benzene rings is 2. The van der Waals surface area contributed by atoms with Gasteiger partial charge in [0, 0.05) is 36.6 Å². The van der Waals surface area contributed by atoms with Crippen molar-refractivity contribution in [1.29, 1.82) is 0 Å². The molecule has 6 heteroatoms. The first-order valence-electron chi connectivity index (χ1n) is 10.9. The standard InChI is InChI=1S/C28H24N2O4/c31-27(17-15-25-13-7-21-33-25)29(23-9-3-1-4-10-23)19-20-30(24-11-5-2-6-12-24)28(32)18-16-26-14-8-22-34-26/h1-18,21-22H,19-20H2/b17-15+,18-16+. The van der Waals surface area contributed by atoms with Crippen molar-refractivity contribution in [3.63, 3.8) is 0 Å². The SMILES string of the molecule is O=C(/C=C/c1ccco1)N(CCN(C(=O)/C=C/c1ccco1)c1ccccc1)c1ccccc1. The lowest BCUT2D eigenvalue weighted by atomic mass is 10.2. The van der Waals surface area contributed by atoms with Crippen LogP contribution in [0, 0.1) is 0 Å². The van der Waals surface area contributed by atoms with Gasteiger partial charge >= 0.3 is 0 Å². The summed E-state index contributed by atoms with van der Waals surface area (Å²) in [7, 11) is 0. The van der Waals surface area contributed by atoms with Gasteiger partial charge in [0.05, 0.1) is 12.5 Å². The molecule has 6 nitrogen and oxygen atoms in total. The molecule has 34 heavy (non-hydrogen) atoms. The molecule has 2 aromatic heterocycles. The van der Waals surface area contributed by atoms with E-state index in [1.807, 2.05) is 60.7 Å². The number of anilines is 2. The zero-order valence-corrected chi connectivity index (χ0v) is 18.5. The number of nitrogens with zero attached hydrogens (tertiary/aromatic N) is 2. The molecule has 0 N–H and O–H groups in total. The second-order valence-electron chi connectivity index (χ2n) is 7.35. The van der Waals surface area contributed by atoms with E-state index < -0.39 is 0 Å². The summed E-state index contributed by atoms with van der Waals surface area (Å²) in [6.07, 6.45) is 9.31. The number of amides is 2. The van der Waals surface area contributed by atoms with Crippen molar-refractivity contribution in [2.75, 3.05) is 22.9 Å². The average molecular weight is 453 g/mol. The third kappa shape index (κ3) is 6.01. The third-order valence-electron chi connectivity index (χ3n) is 5.08. The van der Waals surface area contributed by atoms with Crippen molar-refractivity contribution in [1.82, 2.24) is 0 Å². The van der Waals surface area contributed by atoms with Gasteiger partial charge in [-0.2, -0.15) is 0 Å². The Balaban J connectivity index is 1.55. The summed E-state index contributed by atoms with van der Waals surface area (Å²) in [6.45, 7) is 0.584. The maximum Gasteiger partial charge on any atom is 0.251 e. The first-order chi connectivity index (χ1) is 16.7. The molecule has 0 saturated carbocycles. The molecule has 0 spiro atoms. The number of para-hydroxylation sites is 2. The number of hydrogen-bond donors (Lipinski definition) is 0. The van der Waals surface area contributed by atoms with Crippen molar-refractivity contribution >= 4 is 35.3 Å². The van der Waals surface area contributed by atoms with Gasteiger partial charge in [-0.05, 0) is 60.7 Å². The predicted molar refractivity (Wildman–Crippen MR) is 133 cm³/mol. The lowest BCUT2D eigenvalue weighted by Gasteiger charge is -2.27. The molecule has 0 unspecified atom stereocenters. The summed E-state index contributed by atoms with van der Waals surface area (Å²) in [5.74, 6) is 0.749. The first kappa shape index (κ1) is 22.6. The molecule has 2 aromatic carbocycles.